The predicted octanol–water partition coefficient (Wildman–Crippen LogP) is 5.01. The molecule has 0 spiro atoms. The molecular weight excluding hydrogens is 527 g/mol. The highest BCUT2D eigenvalue weighted by atomic mass is 35.5. The summed E-state index contributed by atoms with van der Waals surface area (Å²) in [6.45, 7) is 2.57. The van der Waals surface area contributed by atoms with Crippen LogP contribution in [0.1, 0.15) is 25.3 Å². The number of hydrogen-bond donors (Lipinski definition) is 1. The van der Waals surface area contributed by atoms with Crippen LogP contribution < -0.4 is 5.43 Å². The molecule has 1 saturated heterocycles. The minimum Gasteiger partial charge on any atom is -0.466 e. The number of carbonyl (C=O) groups excluding carboxylic acids is 1. The van der Waals surface area contributed by atoms with Gasteiger partial charge in [0, 0.05) is 29.6 Å². The number of carbonyl (C=O) groups is 1. The van der Waals surface area contributed by atoms with Gasteiger partial charge in [-0.2, -0.15) is 9.41 Å². The third-order valence-corrected chi connectivity index (χ3v) is 8.67. The first-order valence-electron chi connectivity index (χ1n) is 11.3. The van der Waals surface area contributed by atoms with Crippen molar-refractivity contribution in [3.05, 3.63) is 64.2 Å². The summed E-state index contributed by atoms with van der Waals surface area (Å²) in [5, 5.41) is 6.46. The first-order chi connectivity index (χ1) is 17.3. The molecule has 2 aromatic carbocycles. The summed E-state index contributed by atoms with van der Waals surface area (Å²) in [5.41, 5.74) is 4.10. The predicted molar refractivity (Wildman–Crippen MR) is 138 cm³/mol. The van der Waals surface area contributed by atoms with E-state index in [1.165, 1.54) is 34.0 Å². The zero-order valence-corrected chi connectivity index (χ0v) is 21.7. The van der Waals surface area contributed by atoms with Gasteiger partial charge in [-0.15, -0.1) is 11.3 Å². The van der Waals surface area contributed by atoms with E-state index < -0.39 is 15.8 Å². The standard InChI is InChI=1S/C24H24ClFN4O4S2/c1-2-34-23(31)16-9-11-30(12-10-16)36(32,33)18-6-3-5-17(13-18)22-15-35-24(28-22)29-27-14-19-20(25)7-4-8-21(19)26/h3-8,13-16H,2,9-12H2,1H3,(H,28,29)/b27-14-. The van der Waals surface area contributed by atoms with E-state index in [9.17, 15) is 17.6 Å². The van der Waals surface area contributed by atoms with Gasteiger partial charge in [-0.3, -0.25) is 10.2 Å². The number of nitrogens with one attached hydrogen (secondary N) is 1. The SMILES string of the molecule is CCOC(=O)C1CCN(S(=O)(=O)c2cccc(-c3csc(N/N=C\c4c(F)cccc4Cl)n3)c2)CC1. The second-order valence-corrected chi connectivity index (χ2v) is 11.2. The Bertz CT molecular complexity index is 1350. The Kier molecular flexibility index (Phi) is 8.35. The van der Waals surface area contributed by atoms with Gasteiger partial charge < -0.3 is 4.74 Å². The fourth-order valence-electron chi connectivity index (χ4n) is 3.80. The van der Waals surface area contributed by atoms with E-state index in [4.69, 9.17) is 16.3 Å². The summed E-state index contributed by atoms with van der Waals surface area (Å²) >= 11 is 7.26. The molecule has 12 heteroatoms. The highest BCUT2D eigenvalue weighted by Gasteiger charge is 2.32. The zero-order chi connectivity index (χ0) is 25.7. The van der Waals surface area contributed by atoms with E-state index in [1.54, 1.807) is 42.6 Å². The molecular formula is C24H24ClFN4O4S2. The summed E-state index contributed by atoms with van der Waals surface area (Å²) in [6.07, 6.45) is 2.13. The van der Waals surface area contributed by atoms with Gasteiger partial charge in [0.2, 0.25) is 15.2 Å². The van der Waals surface area contributed by atoms with Crippen LogP contribution in [0, 0.1) is 11.7 Å². The van der Waals surface area contributed by atoms with E-state index in [0.29, 0.717) is 35.8 Å². The van der Waals surface area contributed by atoms with Gasteiger partial charge in [-0.1, -0.05) is 29.8 Å². The van der Waals surface area contributed by atoms with E-state index >= 15 is 0 Å². The van der Waals surface area contributed by atoms with Gasteiger partial charge in [0.25, 0.3) is 0 Å². The van der Waals surface area contributed by atoms with Gasteiger partial charge in [-0.25, -0.2) is 17.8 Å². The Labute approximate surface area is 217 Å². The molecule has 1 aliphatic rings. The topological polar surface area (TPSA) is 101 Å². The summed E-state index contributed by atoms with van der Waals surface area (Å²) in [5.74, 6) is -1.04. The second kappa shape index (κ2) is 11.5. The maximum Gasteiger partial charge on any atom is 0.309 e. The van der Waals surface area contributed by atoms with Gasteiger partial charge in [-0.05, 0) is 44.0 Å². The van der Waals surface area contributed by atoms with Crippen LogP contribution in [-0.2, 0) is 19.6 Å². The molecule has 4 rings (SSSR count). The van der Waals surface area contributed by atoms with Gasteiger partial charge in [0.05, 0.1) is 34.4 Å². The number of thiazole rings is 1. The number of anilines is 1. The third-order valence-electron chi connectivity index (χ3n) is 5.70. The summed E-state index contributed by atoms with van der Waals surface area (Å²) in [7, 11) is -3.73. The first-order valence-corrected chi connectivity index (χ1v) is 13.9. The van der Waals surface area contributed by atoms with E-state index in [0.717, 1.165) is 0 Å². The van der Waals surface area contributed by atoms with Crippen molar-refractivity contribution in [2.75, 3.05) is 25.1 Å². The van der Waals surface area contributed by atoms with Gasteiger partial charge >= 0.3 is 5.97 Å². The number of aromatic nitrogens is 1. The molecule has 0 aliphatic carbocycles. The number of rotatable bonds is 8. The van der Waals surface area contributed by atoms with Crippen LogP contribution in [0.4, 0.5) is 9.52 Å². The van der Waals surface area contributed by atoms with Crippen LogP contribution in [0.15, 0.2) is 57.8 Å². The zero-order valence-electron chi connectivity index (χ0n) is 19.4. The third kappa shape index (κ3) is 5.92. The van der Waals surface area contributed by atoms with Crippen molar-refractivity contribution in [1.29, 1.82) is 0 Å². The molecule has 0 unspecified atom stereocenters. The van der Waals surface area contributed by atoms with E-state index in [2.05, 4.69) is 15.5 Å². The largest absolute Gasteiger partial charge is 0.466 e. The molecule has 190 valence electrons. The van der Waals surface area contributed by atoms with Crippen molar-refractivity contribution in [3.8, 4) is 11.3 Å². The van der Waals surface area contributed by atoms with Crippen LogP contribution in [0.3, 0.4) is 0 Å². The Morgan fingerprint density at radius 1 is 1.31 bits per heavy atom. The van der Waals surface area contributed by atoms with Crippen LogP contribution in [-0.4, -0.2) is 49.6 Å². The maximum atomic E-state index is 13.9. The Morgan fingerprint density at radius 3 is 2.78 bits per heavy atom. The number of sulfonamides is 1. The number of hydrogen-bond acceptors (Lipinski definition) is 8. The summed E-state index contributed by atoms with van der Waals surface area (Å²) < 4.78 is 46.8. The van der Waals surface area contributed by atoms with Crippen molar-refractivity contribution in [2.24, 2.45) is 11.0 Å². The Morgan fingerprint density at radius 2 is 2.06 bits per heavy atom. The molecule has 8 nitrogen and oxygen atoms in total. The molecule has 1 aromatic heterocycles. The highest BCUT2D eigenvalue weighted by Crippen LogP contribution is 2.29. The number of piperidine rings is 1. The highest BCUT2D eigenvalue weighted by molar-refractivity contribution is 7.89. The molecule has 0 radical (unpaired) electrons. The van der Waals surface area contributed by atoms with Crippen LogP contribution in [0.25, 0.3) is 11.3 Å². The number of nitrogens with zero attached hydrogens (tertiary/aromatic N) is 3. The van der Waals surface area contributed by atoms with Gasteiger partial charge in [0.15, 0.2) is 0 Å². The van der Waals surface area contributed by atoms with Crippen molar-refractivity contribution in [2.45, 2.75) is 24.7 Å². The van der Waals surface area contributed by atoms with Crippen molar-refractivity contribution < 1.29 is 22.3 Å². The number of halogens is 2. The average Bonchev–Trinajstić information content (AvgIpc) is 3.35. The molecule has 1 N–H and O–H groups in total. The molecule has 0 atom stereocenters. The lowest BCUT2D eigenvalue weighted by Crippen LogP contribution is -2.40. The lowest BCUT2D eigenvalue weighted by molar-refractivity contribution is -0.149. The summed E-state index contributed by atoms with van der Waals surface area (Å²) in [6, 6.07) is 10.9. The molecule has 0 amide bonds. The fraction of sp³-hybridized carbons (Fsp3) is 0.292. The number of ether oxygens (including phenoxy) is 1. The normalized spacial score (nSPS) is 15.3. The average molecular weight is 551 g/mol. The quantitative estimate of drug-likeness (QED) is 0.240. The molecule has 36 heavy (non-hydrogen) atoms. The first kappa shape index (κ1) is 26.2. The molecule has 3 aromatic rings. The van der Waals surface area contributed by atoms with Crippen LogP contribution >= 0.6 is 22.9 Å². The van der Waals surface area contributed by atoms with Crippen LogP contribution in [0.2, 0.25) is 5.02 Å². The minimum absolute atomic E-state index is 0.157. The number of hydrazone groups is 1. The van der Waals surface area contributed by atoms with Crippen molar-refractivity contribution in [3.63, 3.8) is 0 Å². The van der Waals surface area contributed by atoms with E-state index in [-0.39, 0.29) is 40.5 Å². The minimum atomic E-state index is -3.73. The van der Waals surface area contributed by atoms with Crippen molar-refractivity contribution in [1.82, 2.24) is 9.29 Å². The Hall–Kier alpha value is -2.86. The Balaban J connectivity index is 1.44. The van der Waals surface area contributed by atoms with Crippen LogP contribution in [0.5, 0.6) is 0 Å². The molecule has 1 aliphatic heterocycles. The fourth-order valence-corrected chi connectivity index (χ4v) is 6.20. The monoisotopic (exact) mass is 550 g/mol. The molecule has 0 bridgehead atoms. The van der Waals surface area contributed by atoms with E-state index in [1.807, 2.05) is 0 Å². The lowest BCUT2D eigenvalue weighted by Gasteiger charge is -2.30. The van der Waals surface area contributed by atoms with Crippen molar-refractivity contribution >= 4 is 50.3 Å². The smallest absolute Gasteiger partial charge is 0.309 e. The molecule has 1 fully saturated rings. The summed E-state index contributed by atoms with van der Waals surface area (Å²) in [4.78, 5) is 16.6. The molecule has 0 saturated carbocycles. The molecule has 2 heterocycles. The second-order valence-electron chi connectivity index (χ2n) is 8.00. The lowest BCUT2D eigenvalue weighted by atomic mass is 9.98. The number of esters is 1. The number of benzene rings is 2. The van der Waals surface area contributed by atoms with Gasteiger partial charge in [0.1, 0.15) is 5.82 Å². The maximum absolute atomic E-state index is 13.9.